The highest BCUT2D eigenvalue weighted by atomic mass is 79.9. The molecule has 0 spiro atoms. The van der Waals surface area contributed by atoms with Gasteiger partial charge in [-0.25, -0.2) is 15.0 Å². The zero-order valence-electron chi connectivity index (χ0n) is 14.9. The molecule has 1 aliphatic heterocycles. The van der Waals surface area contributed by atoms with Crippen LogP contribution in [0, 0.1) is 0 Å². The minimum absolute atomic E-state index is 0.0651. The van der Waals surface area contributed by atoms with Crippen LogP contribution < -0.4 is 10.3 Å². The number of benzene rings is 1. The van der Waals surface area contributed by atoms with Crippen molar-refractivity contribution in [2.75, 3.05) is 18.1 Å². The van der Waals surface area contributed by atoms with Crippen LogP contribution in [0.1, 0.15) is 20.8 Å². The average molecular weight is 476 g/mol. The summed E-state index contributed by atoms with van der Waals surface area (Å²) in [4.78, 5) is 37.2. The predicted molar refractivity (Wildman–Crippen MR) is 109 cm³/mol. The van der Waals surface area contributed by atoms with Crippen LogP contribution in [0.15, 0.2) is 28.7 Å². The van der Waals surface area contributed by atoms with Gasteiger partial charge in [-0.2, -0.15) is 5.01 Å². The summed E-state index contributed by atoms with van der Waals surface area (Å²) in [6.45, 7) is 4.88. The van der Waals surface area contributed by atoms with Crippen molar-refractivity contribution >= 4 is 68.0 Å². The number of anilines is 1. The molecule has 0 bridgehead atoms. The molecule has 1 saturated heterocycles. The second-order valence-electron chi connectivity index (χ2n) is 5.33. The summed E-state index contributed by atoms with van der Waals surface area (Å²) in [5.41, 5.74) is 2.82. The zero-order valence-corrected chi connectivity index (χ0v) is 18.1. The number of carbonyl (C=O) groups excluding carboxylic acids is 3. The average Bonchev–Trinajstić information content (AvgIpc) is 2.84. The molecule has 1 atom stereocenters. The summed E-state index contributed by atoms with van der Waals surface area (Å²) in [6.07, 6.45) is -1.78. The van der Waals surface area contributed by atoms with Gasteiger partial charge in [-0.15, -0.1) is 0 Å². The Balaban J connectivity index is 2.37. The third kappa shape index (κ3) is 4.53. The Morgan fingerprint density at radius 1 is 1.26 bits per heavy atom. The smallest absolute Gasteiger partial charge is 0.430 e. The zero-order chi connectivity index (χ0) is 20.2. The van der Waals surface area contributed by atoms with Crippen LogP contribution in [0.2, 0.25) is 0 Å². The number of hydrogen-bond acceptors (Lipinski definition) is 7. The minimum Gasteiger partial charge on any atom is -0.449 e. The van der Waals surface area contributed by atoms with Crippen molar-refractivity contribution in [2.45, 2.75) is 25.6 Å². The Hall–Kier alpha value is -1.85. The van der Waals surface area contributed by atoms with Gasteiger partial charge in [-0.1, -0.05) is 39.9 Å². The van der Waals surface area contributed by atoms with E-state index in [0.717, 1.165) is 21.2 Å². The Bertz CT molecular complexity index is 761. The summed E-state index contributed by atoms with van der Waals surface area (Å²) < 4.78 is 10.9. The van der Waals surface area contributed by atoms with E-state index in [9.17, 15) is 14.4 Å². The lowest BCUT2D eigenvalue weighted by Crippen LogP contribution is -2.60. The van der Waals surface area contributed by atoms with E-state index in [1.807, 2.05) is 0 Å². The van der Waals surface area contributed by atoms with Gasteiger partial charge in [0.25, 0.3) is 5.91 Å². The van der Waals surface area contributed by atoms with E-state index >= 15 is 0 Å². The van der Waals surface area contributed by atoms with Gasteiger partial charge in [0.1, 0.15) is 0 Å². The molecule has 1 heterocycles. The Labute approximate surface area is 174 Å². The molecule has 11 heteroatoms. The molecule has 1 aromatic carbocycles. The lowest BCUT2D eigenvalue weighted by atomic mass is 10.2. The van der Waals surface area contributed by atoms with Crippen LogP contribution >= 0.6 is 39.9 Å². The first-order valence-electron chi connectivity index (χ1n) is 7.98. The molecular formula is C16H18BrN3O5S2. The third-order valence-corrected chi connectivity index (χ3v) is 5.58. The second kappa shape index (κ2) is 8.89. The topological polar surface area (TPSA) is 88.2 Å². The fourth-order valence-electron chi connectivity index (χ4n) is 2.27. The lowest BCUT2D eigenvalue weighted by Gasteiger charge is -2.33. The first-order valence-corrected chi connectivity index (χ1v) is 9.99. The molecule has 1 aliphatic rings. The molecule has 0 unspecified atom stereocenters. The predicted octanol–water partition coefficient (Wildman–Crippen LogP) is 3.65. The monoisotopic (exact) mass is 475 g/mol. The fraction of sp³-hybridized carbons (Fsp3) is 0.375. The molecule has 2 rings (SSSR count). The lowest BCUT2D eigenvalue weighted by molar-refractivity contribution is -0.123. The number of thiocarbonyl (C=S) groups is 1. The maximum atomic E-state index is 13.2. The van der Waals surface area contributed by atoms with E-state index in [-0.39, 0.29) is 17.5 Å². The number of hydrazine groups is 1. The summed E-state index contributed by atoms with van der Waals surface area (Å²) in [5, 5.41) is 0.812. The van der Waals surface area contributed by atoms with Gasteiger partial charge >= 0.3 is 12.2 Å². The van der Waals surface area contributed by atoms with Crippen LogP contribution in [0.25, 0.3) is 0 Å². The molecule has 1 fully saturated rings. The minimum atomic E-state index is -1.54. The molecule has 146 valence electrons. The number of rotatable bonds is 4. The van der Waals surface area contributed by atoms with E-state index < -0.39 is 23.0 Å². The molecule has 0 radical (unpaired) electrons. The molecular weight excluding hydrogens is 458 g/mol. The highest BCUT2D eigenvalue weighted by Crippen LogP contribution is 2.42. The van der Waals surface area contributed by atoms with Crippen molar-refractivity contribution in [2.24, 2.45) is 0 Å². The highest BCUT2D eigenvalue weighted by molar-refractivity contribution is 9.10. The molecule has 0 aromatic heterocycles. The quantitative estimate of drug-likeness (QED) is 0.524. The van der Waals surface area contributed by atoms with Crippen molar-refractivity contribution in [1.29, 1.82) is 0 Å². The number of halogens is 1. The van der Waals surface area contributed by atoms with Gasteiger partial charge in [0.2, 0.25) is 0 Å². The van der Waals surface area contributed by atoms with Gasteiger partial charge in [-0.3, -0.25) is 9.69 Å². The molecule has 0 saturated carbocycles. The Kier molecular flexibility index (Phi) is 7.06. The van der Waals surface area contributed by atoms with E-state index in [2.05, 4.69) is 21.4 Å². The number of carbonyl (C=O) groups is 3. The Morgan fingerprint density at radius 2 is 1.85 bits per heavy atom. The highest BCUT2D eigenvalue weighted by Gasteiger charge is 2.55. The second-order valence-corrected chi connectivity index (χ2v) is 8.28. The number of hydrogen-bond donors (Lipinski definition) is 1. The SMILES string of the molecule is CCOC(=O)NN(C(=O)OCC)[C@@]1(C)SC(=S)N(c2ccc(Br)cc2)C1=O. The molecule has 1 N–H and O–H groups in total. The number of nitrogens with one attached hydrogen (secondary N) is 1. The van der Waals surface area contributed by atoms with E-state index in [1.54, 1.807) is 38.1 Å². The van der Waals surface area contributed by atoms with Crippen molar-refractivity contribution in [3.8, 4) is 0 Å². The van der Waals surface area contributed by atoms with Crippen molar-refractivity contribution < 1.29 is 23.9 Å². The van der Waals surface area contributed by atoms with E-state index in [1.165, 1.54) is 11.8 Å². The van der Waals surface area contributed by atoms with Crippen molar-refractivity contribution in [3.05, 3.63) is 28.7 Å². The van der Waals surface area contributed by atoms with Crippen LogP contribution in [0.3, 0.4) is 0 Å². The maximum absolute atomic E-state index is 13.2. The maximum Gasteiger partial charge on any atom is 0.430 e. The van der Waals surface area contributed by atoms with E-state index in [4.69, 9.17) is 21.7 Å². The number of nitrogens with zero attached hydrogens (tertiary/aromatic N) is 2. The van der Waals surface area contributed by atoms with Crippen LogP contribution in [-0.2, 0) is 14.3 Å². The van der Waals surface area contributed by atoms with Crippen molar-refractivity contribution in [3.63, 3.8) is 0 Å². The first kappa shape index (κ1) is 21.5. The molecule has 3 amide bonds. The number of thioether (sulfide) groups is 1. The van der Waals surface area contributed by atoms with Gasteiger partial charge in [-0.05, 0) is 45.0 Å². The normalized spacial score (nSPS) is 19.0. The standard InChI is InChI=1S/C16H18BrN3O5S2/c1-4-24-13(22)18-20(14(23)25-5-2)16(3)12(21)19(15(26)27-16)11-8-6-10(17)7-9-11/h6-9H,4-5H2,1-3H3,(H,18,22)/t16-/m0/s1. The molecule has 27 heavy (non-hydrogen) atoms. The fourth-order valence-corrected chi connectivity index (χ4v) is 4.22. The molecule has 8 nitrogen and oxygen atoms in total. The van der Waals surface area contributed by atoms with Crippen molar-refractivity contribution in [1.82, 2.24) is 10.4 Å². The summed E-state index contributed by atoms with van der Waals surface area (Å²) in [7, 11) is 0. The molecule has 1 aromatic rings. The first-order chi connectivity index (χ1) is 12.7. The summed E-state index contributed by atoms with van der Waals surface area (Å²) in [6, 6.07) is 6.97. The summed E-state index contributed by atoms with van der Waals surface area (Å²) in [5.74, 6) is -0.496. The van der Waals surface area contributed by atoms with Gasteiger partial charge in [0, 0.05) is 4.47 Å². The van der Waals surface area contributed by atoms with Crippen LogP contribution in [-0.4, -0.2) is 45.5 Å². The van der Waals surface area contributed by atoms with E-state index in [0.29, 0.717) is 5.69 Å². The summed E-state index contributed by atoms with van der Waals surface area (Å²) >= 11 is 9.64. The third-order valence-electron chi connectivity index (χ3n) is 3.51. The Morgan fingerprint density at radius 3 is 2.41 bits per heavy atom. The van der Waals surface area contributed by atoms with Gasteiger partial charge in [0.15, 0.2) is 9.19 Å². The van der Waals surface area contributed by atoms with Crippen LogP contribution in [0.5, 0.6) is 0 Å². The van der Waals surface area contributed by atoms with Gasteiger partial charge in [0.05, 0.1) is 18.9 Å². The van der Waals surface area contributed by atoms with Crippen LogP contribution in [0.4, 0.5) is 15.3 Å². The number of ether oxygens (including phenoxy) is 2. The molecule has 0 aliphatic carbocycles. The number of amides is 3. The largest absolute Gasteiger partial charge is 0.449 e. The van der Waals surface area contributed by atoms with Gasteiger partial charge < -0.3 is 9.47 Å².